The fourth-order valence-electron chi connectivity index (χ4n) is 2.88. The zero-order chi connectivity index (χ0) is 12.4. The summed E-state index contributed by atoms with van der Waals surface area (Å²) in [6.07, 6.45) is 3.86. The van der Waals surface area contributed by atoms with Crippen molar-refractivity contribution in [2.75, 3.05) is 6.54 Å². The third-order valence-electron chi connectivity index (χ3n) is 3.76. The first-order chi connectivity index (χ1) is 8.11. The molecule has 0 spiro atoms. The number of hydrogen-bond donors (Lipinski definition) is 2. The minimum atomic E-state index is 0.401. The normalized spacial score (nSPS) is 26.4. The van der Waals surface area contributed by atoms with E-state index in [1.165, 1.54) is 29.8 Å². The van der Waals surface area contributed by atoms with Crippen molar-refractivity contribution in [1.82, 2.24) is 10.3 Å². The Labute approximate surface area is 108 Å². The molecule has 3 nitrogen and oxygen atoms in total. The van der Waals surface area contributed by atoms with E-state index in [1.807, 2.05) is 11.3 Å². The van der Waals surface area contributed by atoms with Crippen molar-refractivity contribution in [1.29, 1.82) is 0 Å². The fraction of sp³-hybridized carbons (Fsp3) is 0.769. The van der Waals surface area contributed by atoms with Gasteiger partial charge >= 0.3 is 0 Å². The molecule has 3 N–H and O–H groups in total. The van der Waals surface area contributed by atoms with Gasteiger partial charge < -0.3 is 11.1 Å². The molecule has 0 bridgehead atoms. The van der Waals surface area contributed by atoms with E-state index in [2.05, 4.69) is 31.1 Å². The molecule has 1 aromatic heterocycles. The molecule has 0 saturated heterocycles. The summed E-state index contributed by atoms with van der Waals surface area (Å²) >= 11 is 1.81. The van der Waals surface area contributed by atoms with Gasteiger partial charge in [0.1, 0.15) is 0 Å². The molecule has 17 heavy (non-hydrogen) atoms. The van der Waals surface area contributed by atoms with Crippen molar-refractivity contribution >= 4 is 11.3 Å². The minimum Gasteiger partial charge on any atom is -0.330 e. The van der Waals surface area contributed by atoms with Gasteiger partial charge in [-0.3, -0.25) is 0 Å². The summed E-state index contributed by atoms with van der Waals surface area (Å²) in [6.45, 7) is 7.23. The first-order valence-corrected chi connectivity index (χ1v) is 7.33. The molecular weight excluding hydrogens is 230 g/mol. The zero-order valence-corrected chi connectivity index (χ0v) is 11.8. The van der Waals surface area contributed by atoms with E-state index in [-0.39, 0.29) is 0 Å². The number of hydrogen-bond acceptors (Lipinski definition) is 4. The molecule has 0 aromatic carbocycles. The molecule has 1 aliphatic rings. The van der Waals surface area contributed by atoms with Crippen LogP contribution >= 0.6 is 11.3 Å². The summed E-state index contributed by atoms with van der Waals surface area (Å²) in [7, 11) is 0. The van der Waals surface area contributed by atoms with Gasteiger partial charge in [-0.05, 0) is 46.1 Å². The Morgan fingerprint density at radius 2 is 2.24 bits per heavy atom. The average Bonchev–Trinajstić information content (AvgIpc) is 2.84. The van der Waals surface area contributed by atoms with Crippen LogP contribution in [0.4, 0.5) is 0 Å². The van der Waals surface area contributed by atoms with Crippen molar-refractivity contribution in [3.05, 3.63) is 15.6 Å². The summed E-state index contributed by atoms with van der Waals surface area (Å²) < 4.78 is 0. The first-order valence-electron chi connectivity index (χ1n) is 6.52. The lowest BCUT2D eigenvalue weighted by atomic mass is 10.0. The number of nitrogens with one attached hydrogen (secondary N) is 1. The SMILES string of the molecule is Cc1nc(C)c(C(C)NC2CCCC2CN)s1. The van der Waals surface area contributed by atoms with Crippen LogP contribution in [0.5, 0.6) is 0 Å². The summed E-state index contributed by atoms with van der Waals surface area (Å²) in [4.78, 5) is 5.88. The molecule has 0 radical (unpaired) electrons. The molecule has 1 saturated carbocycles. The molecule has 4 heteroatoms. The number of nitrogens with two attached hydrogens (primary N) is 1. The summed E-state index contributed by atoms with van der Waals surface area (Å²) in [5.74, 6) is 0.659. The molecule has 1 fully saturated rings. The lowest BCUT2D eigenvalue weighted by molar-refractivity contribution is 0.375. The van der Waals surface area contributed by atoms with Crippen LogP contribution in [0.15, 0.2) is 0 Å². The van der Waals surface area contributed by atoms with Crippen LogP contribution in [0, 0.1) is 19.8 Å². The summed E-state index contributed by atoms with van der Waals surface area (Å²) in [5.41, 5.74) is 7.00. The van der Waals surface area contributed by atoms with Gasteiger partial charge in [0.2, 0.25) is 0 Å². The number of rotatable bonds is 4. The molecule has 1 heterocycles. The second-order valence-corrected chi connectivity index (χ2v) is 6.34. The van der Waals surface area contributed by atoms with Crippen LogP contribution in [-0.2, 0) is 0 Å². The van der Waals surface area contributed by atoms with E-state index < -0.39 is 0 Å². The van der Waals surface area contributed by atoms with Crippen LogP contribution in [0.2, 0.25) is 0 Å². The van der Waals surface area contributed by atoms with Crippen molar-refractivity contribution < 1.29 is 0 Å². The molecule has 0 aliphatic heterocycles. The van der Waals surface area contributed by atoms with Crippen LogP contribution in [0.25, 0.3) is 0 Å². The van der Waals surface area contributed by atoms with Crippen LogP contribution in [0.3, 0.4) is 0 Å². The van der Waals surface area contributed by atoms with E-state index in [4.69, 9.17) is 5.73 Å². The van der Waals surface area contributed by atoms with Crippen molar-refractivity contribution in [2.24, 2.45) is 11.7 Å². The van der Waals surface area contributed by atoms with Gasteiger partial charge in [-0.1, -0.05) is 6.42 Å². The zero-order valence-electron chi connectivity index (χ0n) is 11.0. The van der Waals surface area contributed by atoms with E-state index in [0.717, 1.165) is 11.6 Å². The predicted octanol–water partition coefficient (Wildman–Crippen LogP) is 2.54. The maximum atomic E-state index is 5.82. The van der Waals surface area contributed by atoms with Gasteiger partial charge in [0, 0.05) is 17.0 Å². The van der Waals surface area contributed by atoms with Gasteiger partial charge in [0.15, 0.2) is 0 Å². The Morgan fingerprint density at radius 1 is 1.47 bits per heavy atom. The van der Waals surface area contributed by atoms with Gasteiger partial charge in [0.25, 0.3) is 0 Å². The van der Waals surface area contributed by atoms with Crippen molar-refractivity contribution in [3.8, 4) is 0 Å². The monoisotopic (exact) mass is 253 g/mol. The highest BCUT2D eigenvalue weighted by molar-refractivity contribution is 7.11. The highest BCUT2D eigenvalue weighted by atomic mass is 32.1. The number of thiazole rings is 1. The molecule has 2 rings (SSSR count). The van der Waals surface area contributed by atoms with E-state index >= 15 is 0 Å². The lowest BCUT2D eigenvalue weighted by Crippen LogP contribution is -2.37. The number of aryl methyl sites for hydroxylation is 2. The largest absolute Gasteiger partial charge is 0.330 e. The maximum absolute atomic E-state index is 5.82. The van der Waals surface area contributed by atoms with E-state index in [9.17, 15) is 0 Å². The lowest BCUT2D eigenvalue weighted by Gasteiger charge is -2.23. The van der Waals surface area contributed by atoms with Crippen LogP contribution in [0.1, 0.15) is 47.8 Å². The fourth-order valence-corrected chi connectivity index (χ4v) is 3.82. The molecule has 1 aliphatic carbocycles. The predicted molar refractivity (Wildman–Crippen MR) is 73.3 cm³/mol. The van der Waals surface area contributed by atoms with Gasteiger partial charge in [-0.15, -0.1) is 11.3 Å². The van der Waals surface area contributed by atoms with E-state index in [0.29, 0.717) is 18.0 Å². The molecule has 96 valence electrons. The third kappa shape index (κ3) is 2.87. The molecule has 3 atom stereocenters. The number of aromatic nitrogens is 1. The quantitative estimate of drug-likeness (QED) is 0.867. The first kappa shape index (κ1) is 13.0. The summed E-state index contributed by atoms with van der Waals surface area (Å²) in [6, 6.07) is 0.996. The highest BCUT2D eigenvalue weighted by Crippen LogP contribution is 2.30. The Morgan fingerprint density at radius 3 is 2.82 bits per heavy atom. The van der Waals surface area contributed by atoms with Gasteiger partial charge in [-0.2, -0.15) is 0 Å². The highest BCUT2D eigenvalue weighted by Gasteiger charge is 2.27. The third-order valence-corrected chi connectivity index (χ3v) is 5.01. The average molecular weight is 253 g/mol. The van der Waals surface area contributed by atoms with Crippen LogP contribution < -0.4 is 11.1 Å². The van der Waals surface area contributed by atoms with Crippen molar-refractivity contribution in [3.63, 3.8) is 0 Å². The summed E-state index contributed by atoms with van der Waals surface area (Å²) in [5, 5.41) is 4.90. The Kier molecular flexibility index (Phi) is 4.17. The Balaban J connectivity index is 2.01. The van der Waals surface area contributed by atoms with Crippen LogP contribution in [-0.4, -0.2) is 17.6 Å². The van der Waals surface area contributed by atoms with Gasteiger partial charge in [0.05, 0.1) is 10.7 Å². The Hall–Kier alpha value is -0.450. The van der Waals surface area contributed by atoms with E-state index in [1.54, 1.807) is 0 Å². The standard InChI is InChI=1S/C13H23N3S/c1-8-13(17-10(3)15-8)9(2)16-12-6-4-5-11(12)7-14/h9,11-12,16H,4-7,14H2,1-3H3. The maximum Gasteiger partial charge on any atom is 0.0900 e. The molecule has 1 aromatic rings. The smallest absolute Gasteiger partial charge is 0.0900 e. The number of nitrogens with zero attached hydrogens (tertiary/aromatic N) is 1. The second-order valence-electron chi connectivity index (χ2n) is 5.10. The Bertz CT molecular complexity index is 375. The molecule has 3 unspecified atom stereocenters. The van der Waals surface area contributed by atoms with Crippen molar-refractivity contribution in [2.45, 2.75) is 52.1 Å². The minimum absolute atomic E-state index is 0.401. The second kappa shape index (κ2) is 5.46. The molecular formula is C13H23N3S. The topological polar surface area (TPSA) is 50.9 Å². The molecule has 0 amide bonds. The van der Waals surface area contributed by atoms with Gasteiger partial charge in [-0.25, -0.2) is 4.98 Å².